The first-order chi connectivity index (χ1) is 10.6. The molecule has 1 rings (SSSR count). The van der Waals surface area contributed by atoms with E-state index in [4.69, 9.17) is 5.73 Å². The Balaban J connectivity index is 0.00000484. The summed E-state index contributed by atoms with van der Waals surface area (Å²) in [6, 6.07) is -0.432. The molecule has 4 N–H and O–H groups in total. The molecule has 2 unspecified atom stereocenters. The number of aliphatic hydroxyl groups excluding tert-OH is 1. The van der Waals surface area contributed by atoms with Crippen molar-refractivity contribution in [3.8, 4) is 0 Å². The second-order valence-corrected chi connectivity index (χ2v) is 7.01. The van der Waals surface area contributed by atoms with Gasteiger partial charge in [-0.25, -0.2) is 0 Å². The van der Waals surface area contributed by atoms with Crippen molar-refractivity contribution in [1.29, 1.82) is 0 Å². The Morgan fingerprint density at radius 1 is 1.26 bits per heavy atom. The van der Waals surface area contributed by atoms with E-state index in [2.05, 4.69) is 19.2 Å². The normalized spacial score (nSPS) is 19.5. The van der Waals surface area contributed by atoms with Crippen molar-refractivity contribution in [3.05, 3.63) is 0 Å². The maximum absolute atomic E-state index is 12.1. The highest BCUT2D eigenvalue weighted by molar-refractivity contribution is 5.85. The van der Waals surface area contributed by atoms with Gasteiger partial charge in [0, 0.05) is 12.6 Å². The van der Waals surface area contributed by atoms with Gasteiger partial charge in [-0.1, -0.05) is 65.2 Å². The van der Waals surface area contributed by atoms with E-state index >= 15 is 0 Å². The van der Waals surface area contributed by atoms with Gasteiger partial charge in [0.25, 0.3) is 0 Å². The minimum Gasteiger partial charge on any atom is -0.382 e. The van der Waals surface area contributed by atoms with Crippen LogP contribution in [-0.4, -0.2) is 29.7 Å². The fraction of sp³-hybridized carbons (Fsp3) is 0.944. The third kappa shape index (κ3) is 8.92. The number of rotatable bonds is 10. The molecular formula is C18H37ClN2O2. The largest absolute Gasteiger partial charge is 0.382 e. The van der Waals surface area contributed by atoms with E-state index in [0.717, 1.165) is 19.3 Å². The van der Waals surface area contributed by atoms with Gasteiger partial charge in [0.05, 0.1) is 0 Å². The molecule has 4 nitrogen and oxygen atoms in total. The third-order valence-electron chi connectivity index (χ3n) is 5.11. The molecule has 1 aliphatic rings. The zero-order valence-corrected chi connectivity index (χ0v) is 15.7. The van der Waals surface area contributed by atoms with E-state index in [1.165, 1.54) is 44.9 Å². The molecule has 0 aliphatic heterocycles. The number of nitrogens with one attached hydrogen (secondary N) is 1. The highest BCUT2D eigenvalue weighted by Crippen LogP contribution is 2.27. The number of carbonyl (C=O) groups is 1. The van der Waals surface area contributed by atoms with Crippen LogP contribution in [0.15, 0.2) is 0 Å². The second-order valence-electron chi connectivity index (χ2n) is 7.01. The Hall–Kier alpha value is -0.320. The van der Waals surface area contributed by atoms with Crippen LogP contribution in [0.2, 0.25) is 0 Å². The number of carbonyl (C=O) groups excluding carboxylic acids is 1. The fourth-order valence-corrected chi connectivity index (χ4v) is 3.42. The zero-order chi connectivity index (χ0) is 16.4. The Bertz CT molecular complexity index is 309. The summed E-state index contributed by atoms with van der Waals surface area (Å²) in [4.78, 5) is 12.1. The standard InChI is InChI=1S/C18H36N2O2.ClH/c1-3-5-9-14(4-2)13-20-18(22)17(21)16(19)12-15-10-7-6-8-11-15;/h14-17,21H,3-13,19H2,1-2H3,(H,20,22);1H/t14?,16-,17?;/m1./s1. The SMILES string of the molecule is CCCCC(CC)CNC(=O)C(O)[C@H](N)CC1CCCCC1.Cl. The third-order valence-corrected chi connectivity index (χ3v) is 5.11. The van der Waals surface area contributed by atoms with E-state index in [1.54, 1.807) is 0 Å². The molecule has 5 heteroatoms. The summed E-state index contributed by atoms with van der Waals surface area (Å²) in [6.07, 6.45) is 10.5. The van der Waals surface area contributed by atoms with Crippen LogP contribution in [0.1, 0.15) is 78.1 Å². The number of aliphatic hydroxyl groups is 1. The highest BCUT2D eigenvalue weighted by atomic mass is 35.5. The van der Waals surface area contributed by atoms with Crippen LogP contribution in [0, 0.1) is 11.8 Å². The monoisotopic (exact) mass is 348 g/mol. The number of hydrogen-bond donors (Lipinski definition) is 3. The van der Waals surface area contributed by atoms with Crippen LogP contribution in [0.25, 0.3) is 0 Å². The van der Waals surface area contributed by atoms with Gasteiger partial charge >= 0.3 is 0 Å². The summed E-state index contributed by atoms with van der Waals surface area (Å²) < 4.78 is 0. The molecule has 1 aliphatic carbocycles. The topological polar surface area (TPSA) is 75.3 Å². The van der Waals surface area contributed by atoms with Crippen molar-refractivity contribution >= 4 is 18.3 Å². The second kappa shape index (κ2) is 13.0. The first-order valence-corrected chi connectivity index (χ1v) is 9.29. The molecule has 3 atom stereocenters. The van der Waals surface area contributed by atoms with E-state index < -0.39 is 12.1 Å². The summed E-state index contributed by atoms with van der Waals surface area (Å²) in [6.45, 7) is 4.99. The molecule has 0 bridgehead atoms. The molecule has 138 valence electrons. The van der Waals surface area contributed by atoms with Crippen LogP contribution >= 0.6 is 12.4 Å². The molecule has 23 heavy (non-hydrogen) atoms. The molecule has 1 saturated carbocycles. The van der Waals surface area contributed by atoms with Gasteiger partial charge < -0.3 is 16.2 Å². The summed E-state index contributed by atoms with van der Waals surface area (Å²) in [5, 5.41) is 13.0. The number of nitrogens with two attached hydrogens (primary N) is 1. The molecule has 0 heterocycles. The van der Waals surface area contributed by atoms with Crippen molar-refractivity contribution in [1.82, 2.24) is 5.32 Å². The highest BCUT2D eigenvalue weighted by Gasteiger charge is 2.26. The molecule has 0 spiro atoms. The van der Waals surface area contributed by atoms with Gasteiger partial charge in [-0.15, -0.1) is 12.4 Å². The van der Waals surface area contributed by atoms with Gasteiger partial charge in [0.1, 0.15) is 6.10 Å². The molecule has 0 saturated heterocycles. The number of unbranched alkanes of at least 4 members (excludes halogenated alkanes) is 1. The molecule has 0 aromatic heterocycles. The lowest BCUT2D eigenvalue weighted by molar-refractivity contribution is -0.130. The van der Waals surface area contributed by atoms with Crippen LogP contribution < -0.4 is 11.1 Å². The lowest BCUT2D eigenvalue weighted by Crippen LogP contribution is -2.48. The Kier molecular flexibility index (Phi) is 12.8. The summed E-state index contributed by atoms with van der Waals surface area (Å²) in [5.41, 5.74) is 6.06. The average molecular weight is 349 g/mol. The maximum Gasteiger partial charge on any atom is 0.250 e. The van der Waals surface area contributed by atoms with Gasteiger partial charge in [0.15, 0.2) is 0 Å². The van der Waals surface area contributed by atoms with Crippen LogP contribution in [0.5, 0.6) is 0 Å². The fourth-order valence-electron chi connectivity index (χ4n) is 3.42. The van der Waals surface area contributed by atoms with Crippen molar-refractivity contribution in [2.24, 2.45) is 17.6 Å². The predicted octanol–water partition coefficient (Wildman–Crippen LogP) is 3.40. The van der Waals surface area contributed by atoms with Crippen LogP contribution in [0.3, 0.4) is 0 Å². The number of hydrogen-bond acceptors (Lipinski definition) is 3. The van der Waals surface area contributed by atoms with E-state index in [9.17, 15) is 9.90 Å². The molecule has 1 amide bonds. The summed E-state index contributed by atoms with van der Waals surface area (Å²) in [7, 11) is 0. The van der Waals surface area contributed by atoms with E-state index in [0.29, 0.717) is 18.4 Å². The molecular weight excluding hydrogens is 312 g/mol. The van der Waals surface area contributed by atoms with Gasteiger partial charge in [-0.3, -0.25) is 4.79 Å². The average Bonchev–Trinajstić information content (AvgIpc) is 2.55. The molecule has 0 aromatic rings. The molecule has 1 fully saturated rings. The minimum absolute atomic E-state index is 0. The predicted molar refractivity (Wildman–Crippen MR) is 98.7 cm³/mol. The number of halogens is 1. The summed E-state index contributed by atoms with van der Waals surface area (Å²) >= 11 is 0. The Morgan fingerprint density at radius 3 is 2.48 bits per heavy atom. The molecule has 0 aromatic carbocycles. The smallest absolute Gasteiger partial charge is 0.250 e. The zero-order valence-electron chi connectivity index (χ0n) is 14.9. The first kappa shape index (κ1) is 22.7. The van der Waals surface area contributed by atoms with Crippen molar-refractivity contribution in [2.45, 2.75) is 90.2 Å². The van der Waals surface area contributed by atoms with Crippen molar-refractivity contribution in [3.63, 3.8) is 0 Å². The number of amides is 1. The van der Waals surface area contributed by atoms with E-state index in [-0.39, 0.29) is 18.3 Å². The molecule has 0 radical (unpaired) electrons. The quantitative estimate of drug-likeness (QED) is 0.566. The van der Waals surface area contributed by atoms with Crippen LogP contribution in [-0.2, 0) is 4.79 Å². The Morgan fingerprint density at radius 2 is 1.91 bits per heavy atom. The van der Waals surface area contributed by atoms with Crippen molar-refractivity contribution in [2.75, 3.05) is 6.54 Å². The maximum atomic E-state index is 12.1. The Labute approximate surface area is 148 Å². The van der Waals surface area contributed by atoms with Gasteiger partial charge in [-0.05, 0) is 24.7 Å². The summed E-state index contributed by atoms with van der Waals surface area (Å²) in [5.74, 6) is 0.795. The van der Waals surface area contributed by atoms with Gasteiger partial charge in [0.2, 0.25) is 5.91 Å². The minimum atomic E-state index is -1.06. The lowest BCUT2D eigenvalue weighted by Gasteiger charge is -2.27. The van der Waals surface area contributed by atoms with Crippen LogP contribution in [0.4, 0.5) is 0 Å². The van der Waals surface area contributed by atoms with E-state index in [1.807, 2.05) is 0 Å². The van der Waals surface area contributed by atoms with Gasteiger partial charge in [-0.2, -0.15) is 0 Å². The first-order valence-electron chi connectivity index (χ1n) is 9.29. The van der Waals surface area contributed by atoms with Crippen molar-refractivity contribution < 1.29 is 9.90 Å². The lowest BCUT2D eigenvalue weighted by atomic mass is 9.84.